The number of fused-ring (bicyclic) bond motifs is 3. The monoisotopic (exact) mass is 539 g/mol. The molecule has 2 aromatic carbocycles. The van der Waals surface area contributed by atoms with Gasteiger partial charge in [-0.2, -0.15) is 0 Å². The summed E-state index contributed by atoms with van der Waals surface area (Å²) >= 11 is 0. The van der Waals surface area contributed by atoms with Crippen LogP contribution in [0.4, 0.5) is 11.4 Å². The molecule has 0 bridgehead atoms. The van der Waals surface area contributed by atoms with Crippen molar-refractivity contribution in [2.75, 3.05) is 49.3 Å². The first-order valence-electron chi connectivity index (χ1n) is 12.7. The minimum atomic E-state index is -3.76. The van der Waals surface area contributed by atoms with Crippen molar-refractivity contribution in [2.45, 2.75) is 35.9 Å². The van der Waals surface area contributed by atoms with Crippen LogP contribution in [0.25, 0.3) is 6.08 Å². The lowest BCUT2D eigenvalue weighted by atomic mass is 9.77. The Morgan fingerprint density at radius 2 is 1.89 bits per heavy atom. The molecule has 2 heterocycles. The van der Waals surface area contributed by atoms with E-state index in [1.165, 1.54) is 0 Å². The molecule has 4 rings (SSSR count). The lowest BCUT2D eigenvalue weighted by molar-refractivity contribution is -0.118. The Balaban J connectivity index is 1.59. The zero-order valence-corrected chi connectivity index (χ0v) is 25.1. The number of sulfone groups is 1. The van der Waals surface area contributed by atoms with Gasteiger partial charge in [-0.25, -0.2) is 8.42 Å². The Labute approximate surface area is 223 Å². The molecule has 37 heavy (non-hydrogen) atoms. The van der Waals surface area contributed by atoms with E-state index in [9.17, 15) is 13.2 Å². The Morgan fingerprint density at radius 3 is 2.57 bits per heavy atom. The maximum atomic E-state index is 13.0. The zero-order valence-electron chi connectivity index (χ0n) is 22.3. The fourth-order valence-corrected chi connectivity index (χ4v) is 6.58. The van der Waals surface area contributed by atoms with Crippen molar-refractivity contribution in [3.05, 3.63) is 71.8 Å². The van der Waals surface area contributed by atoms with Crippen molar-refractivity contribution in [3.63, 3.8) is 0 Å². The van der Waals surface area contributed by atoms with Crippen LogP contribution in [0.2, 0.25) is 6.04 Å². The average Bonchev–Trinajstić information content (AvgIpc) is 3.36. The van der Waals surface area contributed by atoms with Crippen LogP contribution in [0.3, 0.4) is 0 Å². The van der Waals surface area contributed by atoms with Crippen molar-refractivity contribution in [1.29, 1.82) is 0 Å². The van der Waals surface area contributed by atoms with Gasteiger partial charge in [0.2, 0.25) is 5.91 Å². The van der Waals surface area contributed by atoms with Crippen molar-refractivity contribution in [1.82, 2.24) is 5.32 Å². The molecule has 2 aromatic rings. The molecule has 0 aliphatic carbocycles. The highest BCUT2D eigenvalue weighted by atomic mass is 32.2. The standard InChI is InChI=1S/C28H37N3O4SSi/c1-27(2)24-19-23(36(33,34)20-26(32)29-15-18-37)12-13-25(24)31-16-17-35-28(27,31)14-6-5-7-21-8-10-22(11-9-21)30(3)4/h5-14,19H,15-18,20H2,1-4,37H3,(H,29,32)/b7-5+,14-6+. The summed E-state index contributed by atoms with van der Waals surface area (Å²) < 4.78 is 32.4. The summed E-state index contributed by atoms with van der Waals surface area (Å²) in [6.45, 7) is 5.99. The number of allylic oxidation sites excluding steroid dienone is 2. The molecule has 1 unspecified atom stereocenters. The second kappa shape index (κ2) is 10.5. The molecule has 1 atom stereocenters. The SMILES string of the molecule is CN(C)c1ccc(/C=C/C=C/C23OCCN2c2ccc(S(=O)(=O)CC(=O)NCC[SiH3])cc2C3(C)C)cc1. The molecular weight excluding hydrogens is 502 g/mol. The number of nitrogens with one attached hydrogen (secondary N) is 1. The van der Waals surface area contributed by atoms with E-state index in [2.05, 4.69) is 65.4 Å². The number of nitrogens with zero attached hydrogens (tertiary/aromatic N) is 2. The highest BCUT2D eigenvalue weighted by Gasteiger charge is 2.59. The van der Waals surface area contributed by atoms with Crippen LogP contribution in [0.1, 0.15) is 25.0 Å². The number of ether oxygens (including phenoxy) is 1. The second-order valence-corrected chi connectivity index (χ2v) is 13.3. The van der Waals surface area contributed by atoms with Gasteiger partial charge in [0.1, 0.15) is 5.75 Å². The molecule has 2 aliphatic heterocycles. The van der Waals surface area contributed by atoms with E-state index >= 15 is 0 Å². The third-order valence-corrected chi connectivity index (χ3v) is 9.36. The summed E-state index contributed by atoms with van der Waals surface area (Å²) in [5, 5.41) is 2.68. The zero-order chi connectivity index (χ0) is 26.8. The van der Waals surface area contributed by atoms with Gasteiger partial charge >= 0.3 is 0 Å². The molecule has 1 saturated heterocycles. The first kappa shape index (κ1) is 27.2. The first-order valence-corrected chi connectivity index (χ1v) is 15.8. The summed E-state index contributed by atoms with van der Waals surface area (Å²) in [5.41, 5.74) is 2.88. The predicted molar refractivity (Wildman–Crippen MR) is 154 cm³/mol. The molecule has 2 aliphatic rings. The number of anilines is 2. The number of benzene rings is 2. The summed E-state index contributed by atoms with van der Waals surface area (Å²) in [5.74, 6) is -0.999. The smallest absolute Gasteiger partial charge is 0.235 e. The molecule has 0 saturated carbocycles. The fourth-order valence-electron chi connectivity index (χ4n) is 5.15. The molecule has 1 fully saturated rings. The van der Waals surface area contributed by atoms with E-state index in [0.717, 1.165) is 38.8 Å². The van der Waals surface area contributed by atoms with Crippen LogP contribution < -0.4 is 15.1 Å². The predicted octanol–water partition coefficient (Wildman–Crippen LogP) is 2.52. The summed E-state index contributed by atoms with van der Waals surface area (Å²) in [7, 11) is 1.24. The lowest BCUT2D eigenvalue weighted by Crippen LogP contribution is -2.51. The highest BCUT2D eigenvalue weighted by molar-refractivity contribution is 7.92. The van der Waals surface area contributed by atoms with Crippen molar-refractivity contribution < 1.29 is 17.9 Å². The third-order valence-electron chi connectivity index (χ3n) is 7.25. The molecule has 1 N–H and O–H groups in total. The Bertz CT molecular complexity index is 1320. The number of amides is 1. The maximum Gasteiger partial charge on any atom is 0.235 e. The molecular formula is C28H37N3O4SSi. The summed E-state index contributed by atoms with van der Waals surface area (Å²) in [6, 6.07) is 14.4. The van der Waals surface area contributed by atoms with Gasteiger partial charge in [0.25, 0.3) is 0 Å². The molecule has 0 spiro atoms. The number of carbonyl (C=O) groups is 1. The Kier molecular flexibility index (Phi) is 7.69. The molecule has 7 nitrogen and oxygen atoms in total. The van der Waals surface area contributed by atoms with E-state index in [1.807, 2.05) is 32.3 Å². The van der Waals surface area contributed by atoms with E-state index < -0.39 is 32.6 Å². The number of carbonyl (C=O) groups excluding carboxylic acids is 1. The quantitative estimate of drug-likeness (QED) is 0.390. The largest absolute Gasteiger partial charge is 0.378 e. The van der Waals surface area contributed by atoms with Gasteiger partial charge in [-0.15, -0.1) is 0 Å². The van der Waals surface area contributed by atoms with Crippen molar-refractivity contribution in [3.8, 4) is 0 Å². The Morgan fingerprint density at radius 1 is 1.16 bits per heavy atom. The van der Waals surface area contributed by atoms with Crippen LogP contribution in [0, 0.1) is 0 Å². The minimum absolute atomic E-state index is 0.168. The number of hydrogen-bond donors (Lipinski definition) is 1. The number of hydrogen-bond acceptors (Lipinski definition) is 6. The van der Waals surface area contributed by atoms with Crippen LogP contribution >= 0.6 is 0 Å². The molecule has 198 valence electrons. The van der Waals surface area contributed by atoms with Gasteiger partial charge in [-0.05, 0) is 53.6 Å². The van der Waals surface area contributed by atoms with Crippen molar-refractivity contribution in [2.24, 2.45) is 0 Å². The maximum absolute atomic E-state index is 13.0. The first-order chi connectivity index (χ1) is 17.5. The van der Waals surface area contributed by atoms with E-state index in [-0.39, 0.29) is 4.90 Å². The van der Waals surface area contributed by atoms with E-state index in [1.54, 1.807) is 12.1 Å². The van der Waals surface area contributed by atoms with Crippen LogP contribution in [-0.4, -0.2) is 69.8 Å². The van der Waals surface area contributed by atoms with Crippen molar-refractivity contribution >= 4 is 43.4 Å². The average molecular weight is 540 g/mol. The minimum Gasteiger partial charge on any atom is -0.378 e. The van der Waals surface area contributed by atoms with Gasteiger partial charge in [0.05, 0.1) is 11.5 Å². The van der Waals surface area contributed by atoms with Gasteiger partial charge in [-0.3, -0.25) is 4.79 Å². The van der Waals surface area contributed by atoms with Gasteiger partial charge in [-0.1, -0.05) is 44.2 Å². The lowest BCUT2D eigenvalue weighted by Gasteiger charge is -2.39. The van der Waals surface area contributed by atoms with Crippen LogP contribution in [0.5, 0.6) is 0 Å². The van der Waals surface area contributed by atoms with E-state index in [0.29, 0.717) is 19.7 Å². The second-order valence-electron chi connectivity index (χ2n) is 10.3. The van der Waals surface area contributed by atoms with Crippen LogP contribution in [0.15, 0.2) is 65.6 Å². The highest BCUT2D eigenvalue weighted by Crippen LogP contribution is 2.55. The molecule has 0 aromatic heterocycles. The molecule has 9 heteroatoms. The Hall–Kier alpha value is -2.88. The third kappa shape index (κ3) is 5.12. The summed E-state index contributed by atoms with van der Waals surface area (Å²) in [4.78, 5) is 16.6. The topological polar surface area (TPSA) is 79.0 Å². The molecule has 1 amide bonds. The molecule has 0 radical (unpaired) electrons. The van der Waals surface area contributed by atoms with Gasteiger partial charge in [0, 0.05) is 54.2 Å². The fraction of sp³-hybridized carbons (Fsp3) is 0.393. The van der Waals surface area contributed by atoms with Gasteiger partial charge in [0.15, 0.2) is 15.6 Å². The number of rotatable bonds is 9. The normalized spacial score (nSPS) is 20.5. The summed E-state index contributed by atoms with van der Waals surface area (Å²) in [6.07, 6.45) is 8.13. The van der Waals surface area contributed by atoms with Crippen LogP contribution in [-0.2, 0) is 24.8 Å². The van der Waals surface area contributed by atoms with E-state index in [4.69, 9.17) is 4.74 Å². The van der Waals surface area contributed by atoms with Gasteiger partial charge < -0.3 is 19.9 Å².